The lowest BCUT2D eigenvalue weighted by Gasteiger charge is -1.91. The van der Waals surface area contributed by atoms with Crippen LogP contribution in [0.5, 0.6) is 0 Å². The first kappa shape index (κ1) is 18.8. The standard InChI is InChI=1S/C20H26O3/c1-2-3-4-5-6-7-8-9-10-11-12-13-14-18-15-16-19(23-18)17-20(21)22/h3-4,6-7,9-10,12-13,15-16H,2,5,8,11,14,17H2,1H3,(H,21,22)/b4-3-,7-6-,10-9-,13-12-. The Balaban J connectivity index is 2.14. The second-order valence-corrected chi connectivity index (χ2v) is 5.14. The summed E-state index contributed by atoms with van der Waals surface area (Å²) in [5.74, 6) is 0.424. The number of carbonyl (C=O) groups is 1. The normalized spacial score (nSPS) is 12.4. The zero-order valence-corrected chi connectivity index (χ0v) is 13.8. The van der Waals surface area contributed by atoms with Gasteiger partial charge in [0.2, 0.25) is 0 Å². The Labute approximate surface area is 138 Å². The fourth-order valence-corrected chi connectivity index (χ4v) is 1.96. The maximum Gasteiger partial charge on any atom is 0.311 e. The van der Waals surface area contributed by atoms with Crippen LogP contribution in [0.4, 0.5) is 0 Å². The zero-order chi connectivity index (χ0) is 16.8. The fourth-order valence-electron chi connectivity index (χ4n) is 1.96. The van der Waals surface area contributed by atoms with Gasteiger partial charge >= 0.3 is 5.97 Å². The summed E-state index contributed by atoms with van der Waals surface area (Å²) in [4.78, 5) is 10.6. The van der Waals surface area contributed by atoms with Crippen LogP contribution in [0.15, 0.2) is 65.2 Å². The Bertz CT molecular complexity index is 559. The molecule has 1 aromatic heterocycles. The van der Waals surface area contributed by atoms with Crippen molar-refractivity contribution in [3.8, 4) is 0 Å². The van der Waals surface area contributed by atoms with Crippen LogP contribution in [-0.2, 0) is 17.6 Å². The average molecular weight is 314 g/mol. The van der Waals surface area contributed by atoms with Crippen LogP contribution < -0.4 is 0 Å². The van der Waals surface area contributed by atoms with Crippen molar-refractivity contribution in [1.82, 2.24) is 0 Å². The van der Waals surface area contributed by atoms with Gasteiger partial charge in [0.25, 0.3) is 0 Å². The van der Waals surface area contributed by atoms with E-state index in [1.807, 2.05) is 12.1 Å². The van der Waals surface area contributed by atoms with Crippen molar-refractivity contribution in [3.63, 3.8) is 0 Å². The highest BCUT2D eigenvalue weighted by atomic mass is 16.4. The summed E-state index contributed by atoms with van der Waals surface area (Å²) < 4.78 is 5.43. The third kappa shape index (κ3) is 10.1. The summed E-state index contributed by atoms with van der Waals surface area (Å²) in [5, 5.41) is 8.68. The molecule has 1 N–H and O–H groups in total. The van der Waals surface area contributed by atoms with Gasteiger partial charge in [0.15, 0.2) is 0 Å². The number of hydrogen-bond donors (Lipinski definition) is 1. The Kier molecular flexibility index (Phi) is 10.0. The minimum atomic E-state index is -0.873. The quantitative estimate of drug-likeness (QED) is 0.567. The molecule has 0 aliphatic carbocycles. The van der Waals surface area contributed by atoms with Crippen LogP contribution in [0, 0.1) is 0 Å². The smallest absolute Gasteiger partial charge is 0.311 e. The molecule has 0 aliphatic heterocycles. The van der Waals surface area contributed by atoms with Gasteiger partial charge in [-0.05, 0) is 37.8 Å². The molecule has 0 bridgehead atoms. The van der Waals surface area contributed by atoms with Crippen molar-refractivity contribution < 1.29 is 14.3 Å². The Hall–Kier alpha value is -2.29. The molecule has 0 spiro atoms. The van der Waals surface area contributed by atoms with Crippen molar-refractivity contribution in [1.29, 1.82) is 0 Å². The molecule has 0 atom stereocenters. The summed E-state index contributed by atoms with van der Waals surface area (Å²) in [7, 11) is 0. The Morgan fingerprint density at radius 2 is 1.43 bits per heavy atom. The molecule has 23 heavy (non-hydrogen) atoms. The molecule has 0 fully saturated rings. The summed E-state index contributed by atoms with van der Waals surface area (Å²) in [5.41, 5.74) is 0. The molecule has 0 radical (unpaired) electrons. The highest BCUT2D eigenvalue weighted by Gasteiger charge is 2.04. The number of carboxylic acids is 1. The fraction of sp³-hybridized carbons (Fsp3) is 0.350. The van der Waals surface area contributed by atoms with E-state index < -0.39 is 5.97 Å². The number of rotatable bonds is 11. The first-order chi connectivity index (χ1) is 11.2. The molecule has 1 heterocycles. The molecular weight excluding hydrogens is 288 g/mol. The van der Waals surface area contributed by atoms with E-state index in [2.05, 4.69) is 49.5 Å². The van der Waals surface area contributed by atoms with E-state index >= 15 is 0 Å². The van der Waals surface area contributed by atoms with E-state index in [9.17, 15) is 4.79 Å². The van der Waals surface area contributed by atoms with Gasteiger partial charge in [-0.1, -0.05) is 55.5 Å². The van der Waals surface area contributed by atoms with Gasteiger partial charge in [-0.3, -0.25) is 4.79 Å². The van der Waals surface area contributed by atoms with Crippen molar-refractivity contribution in [2.24, 2.45) is 0 Å². The highest BCUT2D eigenvalue weighted by molar-refractivity contribution is 5.69. The van der Waals surface area contributed by atoms with Crippen LogP contribution in [0.3, 0.4) is 0 Å². The van der Waals surface area contributed by atoms with Gasteiger partial charge in [0.05, 0.1) is 0 Å². The highest BCUT2D eigenvalue weighted by Crippen LogP contribution is 2.10. The first-order valence-electron chi connectivity index (χ1n) is 8.11. The van der Waals surface area contributed by atoms with Crippen LogP contribution in [0.25, 0.3) is 0 Å². The van der Waals surface area contributed by atoms with E-state index in [4.69, 9.17) is 9.52 Å². The molecule has 0 aromatic carbocycles. The molecule has 124 valence electrons. The van der Waals surface area contributed by atoms with Gasteiger partial charge in [-0.2, -0.15) is 0 Å². The molecule has 0 aliphatic rings. The Morgan fingerprint density at radius 1 is 0.913 bits per heavy atom. The van der Waals surface area contributed by atoms with E-state index in [1.54, 1.807) is 6.07 Å². The van der Waals surface area contributed by atoms with Crippen LogP contribution >= 0.6 is 0 Å². The number of carboxylic acid groups (broad SMARTS) is 1. The van der Waals surface area contributed by atoms with Gasteiger partial charge in [0.1, 0.15) is 17.9 Å². The second-order valence-electron chi connectivity index (χ2n) is 5.14. The SMILES string of the molecule is CC/C=C\C/C=C\C/C=C\C/C=C\Cc1ccc(CC(=O)O)o1. The number of aliphatic carboxylic acids is 1. The lowest BCUT2D eigenvalue weighted by molar-refractivity contribution is -0.136. The first-order valence-corrected chi connectivity index (χ1v) is 8.11. The lowest BCUT2D eigenvalue weighted by Crippen LogP contribution is -1.97. The molecule has 0 unspecified atom stereocenters. The molecule has 0 saturated heterocycles. The van der Waals surface area contributed by atoms with Crippen molar-refractivity contribution in [2.45, 2.75) is 45.4 Å². The largest absolute Gasteiger partial charge is 0.481 e. The predicted molar refractivity (Wildman–Crippen MR) is 94.5 cm³/mol. The summed E-state index contributed by atoms with van der Waals surface area (Å²) in [6, 6.07) is 3.55. The van der Waals surface area contributed by atoms with E-state index in [0.29, 0.717) is 12.2 Å². The minimum absolute atomic E-state index is 0.0613. The van der Waals surface area contributed by atoms with Crippen LogP contribution in [-0.4, -0.2) is 11.1 Å². The molecule has 1 aromatic rings. The molecule has 3 nitrogen and oxygen atoms in total. The third-order valence-electron chi connectivity index (χ3n) is 3.08. The molecule has 3 heteroatoms. The summed E-state index contributed by atoms with van der Waals surface area (Å²) >= 11 is 0. The maximum absolute atomic E-state index is 10.6. The molecule has 1 rings (SSSR count). The summed E-state index contributed by atoms with van der Waals surface area (Å²) in [6.45, 7) is 2.14. The van der Waals surface area contributed by atoms with Gasteiger partial charge < -0.3 is 9.52 Å². The third-order valence-corrected chi connectivity index (χ3v) is 3.08. The monoisotopic (exact) mass is 314 g/mol. The molecular formula is C20H26O3. The van der Waals surface area contributed by atoms with Crippen LogP contribution in [0.2, 0.25) is 0 Å². The van der Waals surface area contributed by atoms with Gasteiger partial charge in [0, 0.05) is 6.42 Å². The van der Waals surface area contributed by atoms with Gasteiger partial charge in [-0.25, -0.2) is 0 Å². The maximum atomic E-state index is 10.6. The number of hydrogen-bond acceptors (Lipinski definition) is 2. The van der Waals surface area contributed by atoms with Crippen molar-refractivity contribution >= 4 is 5.97 Å². The average Bonchev–Trinajstić information content (AvgIpc) is 2.95. The van der Waals surface area contributed by atoms with Crippen molar-refractivity contribution in [2.75, 3.05) is 0 Å². The number of furan rings is 1. The zero-order valence-electron chi connectivity index (χ0n) is 13.8. The number of allylic oxidation sites excluding steroid dienone is 8. The Morgan fingerprint density at radius 3 is 2.00 bits per heavy atom. The molecule has 0 saturated carbocycles. The van der Waals surface area contributed by atoms with Gasteiger partial charge in [-0.15, -0.1) is 0 Å². The predicted octanol–water partition coefficient (Wildman–Crippen LogP) is 5.25. The second kappa shape index (κ2) is 12.3. The van der Waals surface area contributed by atoms with E-state index in [-0.39, 0.29) is 6.42 Å². The van der Waals surface area contributed by atoms with E-state index in [1.165, 1.54) is 0 Å². The lowest BCUT2D eigenvalue weighted by atomic mass is 10.2. The topological polar surface area (TPSA) is 50.4 Å². The summed E-state index contributed by atoms with van der Waals surface area (Å²) in [6.07, 6.45) is 21.7. The van der Waals surface area contributed by atoms with Crippen molar-refractivity contribution in [3.05, 3.63) is 72.3 Å². The minimum Gasteiger partial charge on any atom is -0.481 e. The van der Waals surface area contributed by atoms with E-state index in [0.717, 1.165) is 31.4 Å². The molecule has 0 amide bonds. The van der Waals surface area contributed by atoms with Crippen LogP contribution in [0.1, 0.15) is 44.1 Å².